The van der Waals surface area contributed by atoms with Gasteiger partial charge in [-0.2, -0.15) is 0 Å². The number of benzene rings is 1. The largest absolute Gasteiger partial charge is 0.371 e. The Kier molecular flexibility index (Phi) is 5.60. The molecule has 2 nitrogen and oxygen atoms in total. The molecule has 2 N–H and O–H groups in total. The molecule has 0 bridgehead atoms. The van der Waals surface area contributed by atoms with Crippen LogP contribution in [0.3, 0.4) is 0 Å². The summed E-state index contributed by atoms with van der Waals surface area (Å²) in [6, 6.07) is 6.80. The standard InChI is InChI=1S/C15H25FN2/c1-15(2,3)8-11-18(10-5-9-17)14-7-4-6-13(16)12-14/h4,6-7,12H,5,8-11,17H2,1-3H3. The first-order valence-electron chi connectivity index (χ1n) is 6.63. The van der Waals surface area contributed by atoms with Crippen molar-refractivity contribution in [2.75, 3.05) is 24.5 Å². The van der Waals surface area contributed by atoms with E-state index in [0.717, 1.165) is 31.6 Å². The second-order valence-corrected chi connectivity index (χ2v) is 5.92. The van der Waals surface area contributed by atoms with E-state index < -0.39 is 0 Å². The van der Waals surface area contributed by atoms with Gasteiger partial charge in [0.05, 0.1) is 0 Å². The summed E-state index contributed by atoms with van der Waals surface area (Å²) in [7, 11) is 0. The molecule has 0 saturated heterocycles. The van der Waals surface area contributed by atoms with E-state index >= 15 is 0 Å². The van der Waals surface area contributed by atoms with E-state index in [4.69, 9.17) is 5.73 Å². The molecular weight excluding hydrogens is 227 g/mol. The molecule has 102 valence electrons. The van der Waals surface area contributed by atoms with Gasteiger partial charge in [0.1, 0.15) is 5.82 Å². The molecule has 0 unspecified atom stereocenters. The summed E-state index contributed by atoms with van der Waals surface area (Å²) in [5, 5.41) is 0. The predicted molar refractivity (Wildman–Crippen MR) is 76.4 cm³/mol. The number of halogens is 1. The highest BCUT2D eigenvalue weighted by molar-refractivity contribution is 5.46. The molecule has 1 aromatic carbocycles. The molecule has 0 aliphatic carbocycles. The Bertz CT molecular complexity index is 358. The van der Waals surface area contributed by atoms with E-state index in [1.165, 1.54) is 6.07 Å². The van der Waals surface area contributed by atoms with Crippen molar-refractivity contribution in [1.82, 2.24) is 0 Å². The van der Waals surface area contributed by atoms with Crippen LogP contribution in [0.1, 0.15) is 33.6 Å². The molecule has 0 spiro atoms. The zero-order valence-electron chi connectivity index (χ0n) is 11.7. The maximum atomic E-state index is 13.3. The Morgan fingerprint density at radius 3 is 2.50 bits per heavy atom. The summed E-state index contributed by atoms with van der Waals surface area (Å²) in [6.07, 6.45) is 2.01. The molecule has 1 aromatic rings. The zero-order chi connectivity index (χ0) is 13.6. The number of hydrogen-bond acceptors (Lipinski definition) is 2. The number of nitrogens with zero attached hydrogens (tertiary/aromatic N) is 1. The predicted octanol–water partition coefficient (Wildman–Crippen LogP) is 3.42. The summed E-state index contributed by atoms with van der Waals surface area (Å²) in [4.78, 5) is 2.22. The fraction of sp³-hybridized carbons (Fsp3) is 0.600. The topological polar surface area (TPSA) is 29.3 Å². The van der Waals surface area contributed by atoms with Crippen molar-refractivity contribution in [3.8, 4) is 0 Å². The number of anilines is 1. The molecular formula is C15H25FN2. The van der Waals surface area contributed by atoms with Crippen LogP contribution < -0.4 is 10.6 Å². The van der Waals surface area contributed by atoms with Gasteiger partial charge in [0.25, 0.3) is 0 Å². The van der Waals surface area contributed by atoms with Crippen molar-refractivity contribution in [2.45, 2.75) is 33.6 Å². The van der Waals surface area contributed by atoms with Crippen LogP contribution in [0.2, 0.25) is 0 Å². The van der Waals surface area contributed by atoms with Crippen LogP contribution in [0.25, 0.3) is 0 Å². The van der Waals surface area contributed by atoms with E-state index in [-0.39, 0.29) is 11.2 Å². The van der Waals surface area contributed by atoms with Crippen LogP contribution in [-0.4, -0.2) is 19.6 Å². The quantitative estimate of drug-likeness (QED) is 0.840. The molecule has 0 radical (unpaired) electrons. The summed E-state index contributed by atoms with van der Waals surface area (Å²) >= 11 is 0. The molecule has 0 saturated carbocycles. The number of hydrogen-bond donors (Lipinski definition) is 1. The van der Waals surface area contributed by atoms with Gasteiger partial charge in [-0.15, -0.1) is 0 Å². The highest BCUT2D eigenvalue weighted by Crippen LogP contribution is 2.22. The van der Waals surface area contributed by atoms with Crippen molar-refractivity contribution >= 4 is 5.69 Å². The third kappa shape index (κ3) is 5.50. The first kappa shape index (κ1) is 15.0. The van der Waals surface area contributed by atoms with Crippen molar-refractivity contribution in [1.29, 1.82) is 0 Å². The van der Waals surface area contributed by atoms with Gasteiger partial charge >= 0.3 is 0 Å². The fourth-order valence-corrected chi connectivity index (χ4v) is 1.80. The Balaban J connectivity index is 2.71. The van der Waals surface area contributed by atoms with E-state index in [2.05, 4.69) is 25.7 Å². The lowest BCUT2D eigenvalue weighted by Gasteiger charge is -2.28. The average Bonchev–Trinajstić information content (AvgIpc) is 2.28. The van der Waals surface area contributed by atoms with Crippen molar-refractivity contribution < 1.29 is 4.39 Å². The van der Waals surface area contributed by atoms with Crippen molar-refractivity contribution in [3.63, 3.8) is 0 Å². The monoisotopic (exact) mass is 252 g/mol. The maximum absolute atomic E-state index is 13.3. The van der Waals surface area contributed by atoms with Crippen LogP contribution >= 0.6 is 0 Å². The van der Waals surface area contributed by atoms with E-state index in [0.29, 0.717) is 6.54 Å². The van der Waals surface area contributed by atoms with Crippen LogP contribution in [0, 0.1) is 11.2 Å². The SMILES string of the molecule is CC(C)(C)CCN(CCCN)c1cccc(F)c1. The second kappa shape index (κ2) is 6.74. The van der Waals surface area contributed by atoms with Crippen LogP contribution in [-0.2, 0) is 0 Å². The highest BCUT2D eigenvalue weighted by Gasteiger charge is 2.14. The lowest BCUT2D eigenvalue weighted by Crippen LogP contribution is -2.29. The molecule has 0 heterocycles. The lowest BCUT2D eigenvalue weighted by atomic mass is 9.92. The van der Waals surface area contributed by atoms with Gasteiger partial charge < -0.3 is 10.6 Å². The van der Waals surface area contributed by atoms with Gasteiger partial charge in [-0.25, -0.2) is 4.39 Å². The Labute approximate surface area is 110 Å². The molecule has 0 atom stereocenters. The van der Waals surface area contributed by atoms with Crippen LogP contribution in [0.4, 0.5) is 10.1 Å². The summed E-state index contributed by atoms with van der Waals surface area (Å²) in [5.41, 5.74) is 6.80. The maximum Gasteiger partial charge on any atom is 0.125 e. The van der Waals surface area contributed by atoms with E-state index in [1.54, 1.807) is 12.1 Å². The first-order chi connectivity index (χ1) is 8.42. The van der Waals surface area contributed by atoms with Gasteiger partial charge in [-0.1, -0.05) is 26.8 Å². The average molecular weight is 252 g/mol. The molecule has 3 heteroatoms. The normalized spacial score (nSPS) is 11.6. The molecule has 0 fully saturated rings. The summed E-state index contributed by atoms with van der Waals surface area (Å²) in [6.45, 7) is 9.16. The van der Waals surface area contributed by atoms with Gasteiger partial charge in [0, 0.05) is 18.8 Å². The van der Waals surface area contributed by atoms with E-state index in [9.17, 15) is 4.39 Å². The van der Waals surface area contributed by atoms with E-state index in [1.807, 2.05) is 6.07 Å². The number of nitrogens with two attached hydrogens (primary N) is 1. The molecule has 0 aromatic heterocycles. The molecule has 18 heavy (non-hydrogen) atoms. The second-order valence-electron chi connectivity index (χ2n) is 5.92. The molecule has 0 aliphatic heterocycles. The number of rotatable bonds is 6. The van der Waals surface area contributed by atoms with Gasteiger partial charge in [0.2, 0.25) is 0 Å². The Morgan fingerprint density at radius 1 is 1.22 bits per heavy atom. The Hall–Kier alpha value is -1.09. The highest BCUT2D eigenvalue weighted by atomic mass is 19.1. The van der Waals surface area contributed by atoms with Crippen LogP contribution in [0.5, 0.6) is 0 Å². The molecule has 0 aliphatic rings. The lowest BCUT2D eigenvalue weighted by molar-refractivity contribution is 0.378. The van der Waals surface area contributed by atoms with Gasteiger partial charge in [-0.05, 0) is 43.0 Å². The van der Waals surface area contributed by atoms with Crippen LogP contribution in [0.15, 0.2) is 24.3 Å². The van der Waals surface area contributed by atoms with Crippen molar-refractivity contribution in [3.05, 3.63) is 30.1 Å². The molecule has 0 amide bonds. The minimum absolute atomic E-state index is 0.180. The molecule has 1 rings (SSSR count). The minimum Gasteiger partial charge on any atom is -0.371 e. The third-order valence-electron chi connectivity index (χ3n) is 2.94. The third-order valence-corrected chi connectivity index (χ3v) is 2.94. The van der Waals surface area contributed by atoms with Crippen molar-refractivity contribution in [2.24, 2.45) is 11.1 Å². The summed E-state index contributed by atoms with van der Waals surface area (Å²) < 4.78 is 13.3. The minimum atomic E-state index is -0.180. The fourth-order valence-electron chi connectivity index (χ4n) is 1.80. The zero-order valence-corrected chi connectivity index (χ0v) is 11.7. The smallest absolute Gasteiger partial charge is 0.125 e. The van der Waals surface area contributed by atoms with Gasteiger partial charge in [-0.3, -0.25) is 0 Å². The Morgan fingerprint density at radius 2 is 1.94 bits per heavy atom. The van der Waals surface area contributed by atoms with Gasteiger partial charge in [0.15, 0.2) is 0 Å². The first-order valence-corrected chi connectivity index (χ1v) is 6.63. The summed E-state index contributed by atoms with van der Waals surface area (Å²) in [5.74, 6) is -0.180.